The van der Waals surface area contributed by atoms with E-state index in [0.29, 0.717) is 163 Å². The summed E-state index contributed by atoms with van der Waals surface area (Å²) in [7, 11) is 0. The van der Waals surface area contributed by atoms with Crippen LogP contribution in [0.15, 0.2) is 167 Å². The Morgan fingerprint density at radius 2 is 0.807 bits per heavy atom. The lowest BCUT2D eigenvalue weighted by Crippen LogP contribution is -2.49. The van der Waals surface area contributed by atoms with E-state index < -0.39 is 34.1 Å². The van der Waals surface area contributed by atoms with Crippen LogP contribution in [0.25, 0.3) is 83.9 Å². The fourth-order valence-electron chi connectivity index (χ4n) is 19.1. The molecule has 5 fully saturated rings. The zero-order valence-electron chi connectivity index (χ0n) is 80.7. The number of anilines is 3. The molecule has 5 aliphatic rings. The van der Waals surface area contributed by atoms with E-state index in [9.17, 15) is 38.4 Å². The molecule has 32 heteroatoms. The molecule has 26 nitrogen and oxygen atoms in total. The van der Waals surface area contributed by atoms with Crippen molar-refractivity contribution >= 4 is 103 Å². The van der Waals surface area contributed by atoms with Crippen molar-refractivity contribution in [2.45, 2.75) is 151 Å². The number of nitriles is 1. The number of piperazine rings is 3. The molecule has 3 aromatic carbocycles. The number of rotatable bonds is 20. The SMILES string of the molecule is C#Cc1c(N2CCN(C(=O)/C=C/CN3CCCCC3)CC2)c2cc(Cl)c(-c3ccccc3F)nc2n(-c2c(C(C)C)ncnc2C(C)C)c1=O.C#Cc1c(N2CCN(C(=O)C=C)CC2)c2cc(Cl)c(-c3ccccc3F)nc2n(-c2c(C)ccnc2C(C)C)c1=O.CC(C)c1ncnc(C(C)C)c1-n1c(=O)c(C#N)c(N2CCN(C(=O)/C=C/N3CCCC3C)CC2)c2cc(Cl)c(-c3ccccc3F)nc21. The summed E-state index contributed by atoms with van der Waals surface area (Å²) in [6.45, 7) is 36.4. The van der Waals surface area contributed by atoms with Gasteiger partial charge in [0, 0.05) is 155 Å². The predicted octanol–water partition coefficient (Wildman–Crippen LogP) is 18.4. The third-order valence-electron chi connectivity index (χ3n) is 26.3. The van der Waals surface area contributed by atoms with E-state index in [1.54, 1.807) is 101 Å². The number of carbonyl (C=O) groups excluding carboxylic acids is 3. The molecule has 0 N–H and O–H groups in total. The predicted molar refractivity (Wildman–Crippen MR) is 549 cm³/mol. The first-order valence-electron chi connectivity index (χ1n) is 47.5. The molecule has 1 atom stereocenters. The molecule has 0 bridgehead atoms. The summed E-state index contributed by atoms with van der Waals surface area (Å²) in [6.07, 6.45) is 31.2. The minimum Gasteiger partial charge on any atom is -0.374 e. The lowest BCUT2D eigenvalue weighted by atomic mass is 10.00. The van der Waals surface area contributed by atoms with Crippen LogP contribution in [0.2, 0.25) is 15.1 Å². The van der Waals surface area contributed by atoms with Crippen molar-refractivity contribution in [3.8, 4) is 81.6 Å². The van der Waals surface area contributed by atoms with Gasteiger partial charge in [-0.25, -0.2) is 48.1 Å². The van der Waals surface area contributed by atoms with Gasteiger partial charge in [-0.15, -0.1) is 12.8 Å². The van der Waals surface area contributed by atoms with Gasteiger partial charge >= 0.3 is 0 Å². The Morgan fingerprint density at radius 3 is 1.16 bits per heavy atom. The highest BCUT2D eigenvalue weighted by Crippen LogP contribution is 2.44. The van der Waals surface area contributed by atoms with Crippen LogP contribution >= 0.6 is 34.8 Å². The van der Waals surface area contributed by atoms with Gasteiger partial charge in [-0.3, -0.25) is 52.4 Å². The molecule has 9 aromatic heterocycles. The number of piperidine rings is 1. The van der Waals surface area contributed by atoms with Crippen molar-refractivity contribution in [2.75, 3.05) is 119 Å². The first kappa shape index (κ1) is 101. The van der Waals surface area contributed by atoms with Gasteiger partial charge in [0.15, 0.2) is 0 Å². The molecule has 17 rings (SSSR count). The monoisotopic (exact) mass is 1950 g/mol. The van der Waals surface area contributed by atoms with Crippen molar-refractivity contribution in [3.63, 3.8) is 0 Å². The van der Waals surface area contributed by atoms with E-state index in [0.717, 1.165) is 44.6 Å². The number of nitrogens with zero attached hydrogens (tertiary/aromatic N) is 20. The van der Waals surface area contributed by atoms with Crippen molar-refractivity contribution < 1.29 is 27.6 Å². The normalized spacial score (nSPS) is 15.5. The summed E-state index contributed by atoms with van der Waals surface area (Å²) >= 11 is 20.6. The number of amides is 3. The number of aryl methyl sites for hydroxylation is 1. The Bertz CT molecular complexity index is 7170. The molecular weight excluding hydrogens is 1840 g/mol. The summed E-state index contributed by atoms with van der Waals surface area (Å²) in [5.41, 5.74) is 7.68. The molecule has 140 heavy (non-hydrogen) atoms. The van der Waals surface area contributed by atoms with E-state index in [1.807, 2.05) is 114 Å². The lowest BCUT2D eigenvalue weighted by molar-refractivity contribution is -0.127. The van der Waals surface area contributed by atoms with Crippen LogP contribution in [-0.2, 0) is 14.4 Å². The zero-order chi connectivity index (χ0) is 99.9. The molecule has 14 heterocycles. The third kappa shape index (κ3) is 20.3. The maximum Gasteiger partial charge on any atom is 0.276 e. The van der Waals surface area contributed by atoms with Crippen LogP contribution in [-0.4, -0.2) is 207 Å². The van der Waals surface area contributed by atoms with E-state index in [1.165, 1.54) is 69.9 Å². The summed E-state index contributed by atoms with van der Waals surface area (Å²) in [5, 5.41) is 12.7. The Kier molecular flexibility index (Phi) is 31.4. The number of fused-ring (bicyclic) bond motifs is 3. The first-order chi connectivity index (χ1) is 67.3. The number of carbonyl (C=O) groups is 3. The van der Waals surface area contributed by atoms with Crippen LogP contribution in [0, 0.1) is 60.4 Å². The van der Waals surface area contributed by atoms with Gasteiger partial charge < -0.3 is 34.3 Å². The molecule has 12 aromatic rings. The standard InChI is InChI=1S/C39H43ClFN7O2.C37H40ClFN8O2.C32H29ClFN5O2/c1-6-27-36(47-21-19-46(20-22-47)32(49)15-12-18-45-16-10-7-11-17-45)29-23-30(40)35(28-13-8-9-14-31(28)41)44-38(29)48(39(27)50)37-33(25(2)3)42-24-43-34(37)26(4)5;1-22(2)31-35(32(23(3)4)42-21-41-31)47-36-26(19-28(38)33(43-36)25-10-6-7-11-29(25)39)34(27(20-40)37(47)49)46-17-15-45(16-18-46)30(48)12-14-44-13-8-9-24(44)5;1-6-21-30(38-16-14-37(15-17-38)26(40)7-2)23-18-24(33)28(22-10-8-9-11-25(22)34)36-31(23)39(32(21)41)29-20(5)12-13-35-27(29)19(3)4/h1,8-9,12-15,23-26H,7,10-11,16-22H2,2-5H3;6-7,10-12,14,19,21-24H,8-9,13,15-18H2,1-5H3;1,7-13,18-19H,2,14-17H2,3-5H3/b15-12+;14-12+;. The van der Waals surface area contributed by atoms with E-state index in [4.69, 9.17) is 62.6 Å². The van der Waals surface area contributed by atoms with E-state index >= 15 is 8.78 Å². The number of likely N-dealkylation sites (tertiary alicyclic amines) is 2. The zero-order valence-corrected chi connectivity index (χ0v) is 83.0. The van der Waals surface area contributed by atoms with E-state index in [2.05, 4.69) is 66.1 Å². The highest BCUT2D eigenvalue weighted by atomic mass is 35.5. The molecular formula is C108H112Cl3F3N20O6. The summed E-state index contributed by atoms with van der Waals surface area (Å²) in [6, 6.07) is 28.2. The number of hydrogen-bond donors (Lipinski definition) is 0. The Hall–Kier alpha value is -13.9. The molecule has 0 spiro atoms. The third-order valence-corrected chi connectivity index (χ3v) is 27.2. The number of pyridine rings is 7. The van der Waals surface area contributed by atoms with Crippen LogP contribution in [0.5, 0.6) is 0 Å². The molecule has 1 unspecified atom stereocenters. The first-order valence-corrected chi connectivity index (χ1v) is 48.6. The maximum atomic E-state index is 15.2. The van der Waals surface area contributed by atoms with Gasteiger partial charge in [0.05, 0.1) is 94.7 Å². The largest absolute Gasteiger partial charge is 0.374 e. The minimum absolute atomic E-state index is 0.0189. The van der Waals surface area contributed by atoms with Crippen molar-refractivity contribution in [1.29, 1.82) is 5.26 Å². The number of aromatic nitrogens is 11. The molecule has 5 aliphatic heterocycles. The van der Waals surface area contributed by atoms with Crippen molar-refractivity contribution in [3.05, 3.63) is 267 Å². The van der Waals surface area contributed by atoms with Crippen molar-refractivity contribution in [1.82, 2.24) is 78.1 Å². The fraction of sp³-hybridized carbons (Fsp3) is 0.361. The quantitative estimate of drug-likeness (QED) is 0.0506. The topological polar surface area (TPSA) is 270 Å². The van der Waals surface area contributed by atoms with E-state index in [-0.39, 0.29) is 130 Å². The Morgan fingerprint density at radius 1 is 0.457 bits per heavy atom. The van der Waals surface area contributed by atoms with Crippen LogP contribution in [0.3, 0.4) is 0 Å². The Balaban J connectivity index is 0.000000160. The van der Waals surface area contributed by atoms with Crippen LogP contribution in [0.1, 0.15) is 189 Å². The lowest BCUT2D eigenvalue weighted by Gasteiger charge is -2.37. The average Bonchev–Trinajstić information content (AvgIpc) is 0.823. The highest BCUT2D eigenvalue weighted by molar-refractivity contribution is 6.35. The molecule has 722 valence electrons. The van der Waals surface area contributed by atoms with Gasteiger partial charge in [0.2, 0.25) is 17.7 Å². The van der Waals surface area contributed by atoms with Crippen molar-refractivity contribution in [2.24, 2.45) is 0 Å². The van der Waals surface area contributed by atoms with Gasteiger partial charge in [-0.05, 0) is 155 Å². The maximum absolute atomic E-state index is 15.2. The van der Waals surface area contributed by atoms with Crippen LogP contribution < -0.4 is 31.4 Å². The second-order valence-corrected chi connectivity index (χ2v) is 38.3. The average molecular weight is 1950 g/mol. The molecule has 0 radical (unpaired) electrons. The highest BCUT2D eigenvalue weighted by Gasteiger charge is 2.37. The summed E-state index contributed by atoms with van der Waals surface area (Å²) in [5.74, 6) is 3.19. The number of hydrogen-bond acceptors (Lipinski definition) is 20. The Labute approximate surface area is 827 Å². The van der Waals surface area contributed by atoms with Gasteiger partial charge in [0.25, 0.3) is 16.7 Å². The van der Waals surface area contributed by atoms with Crippen LogP contribution in [0.4, 0.5) is 30.2 Å². The molecule has 5 saturated heterocycles. The minimum atomic E-state index is -0.584. The number of terminal acetylenes is 2. The van der Waals surface area contributed by atoms with Gasteiger partial charge in [-0.1, -0.05) is 171 Å². The molecule has 0 saturated carbocycles. The molecule has 3 amide bonds. The molecule has 0 aliphatic carbocycles. The fourth-order valence-corrected chi connectivity index (χ4v) is 19.9. The van der Waals surface area contributed by atoms with Gasteiger partial charge in [-0.2, -0.15) is 5.26 Å². The second kappa shape index (κ2) is 43.7. The number of halogens is 6. The number of benzene rings is 3. The second-order valence-electron chi connectivity index (χ2n) is 37.1. The smallest absolute Gasteiger partial charge is 0.276 e. The summed E-state index contributed by atoms with van der Waals surface area (Å²) in [4.78, 5) is 136. The van der Waals surface area contributed by atoms with Gasteiger partial charge in [0.1, 0.15) is 69.8 Å². The summed E-state index contributed by atoms with van der Waals surface area (Å²) < 4.78 is 49.7.